The van der Waals surface area contributed by atoms with Crippen LogP contribution in [0.4, 0.5) is 19.4 Å². The molecule has 180 valence electrons. The maximum atomic E-state index is 13.2. The summed E-state index contributed by atoms with van der Waals surface area (Å²) in [5, 5.41) is 0. The molecule has 1 aromatic heterocycles. The summed E-state index contributed by atoms with van der Waals surface area (Å²) in [6.07, 6.45) is 4.80. The van der Waals surface area contributed by atoms with Gasteiger partial charge in [-0.05, 0) is 38.3 Å². The van der Waals surface area contributed by atoms with Gasteiger partial charge in [0.05, 0.1) is 25.3 Å². The van der Waals surface area contributed by atoms with E-state index in [9.17, 15) is 18.4 Å². The molecule has 8 nitrogen and oxygen atoms in total. The molecule has 4 heterocycles. The van der Waals surface area contributed by atoms with Gasteiger partial charge in [0.15, 0.2) is 0 Å². The van der Waals surface area contributed by atoms with Gasteiger partial charge in [0.2, 0.25) is 0 Å². The normalized spacial score (nSPS) is 26.2. The van der Waals surface area contributed by atoms with E-state index >= 15 is 0 Å². The molecular weight excluding hydrogens is 432 g/mol. The highest BCUT2D eigenvalue weighted by Crippen LogP contribution is 2.47. The fourth-order valence-corrected chi connectivity index (χ4v) is 5.82. The van der Waals surface area contributed by atoms with E-state index in [1.807, 2.05) is 6.92 Å². The first kappa shape index (κ1) is 22.3. The smallest absolute Gasteiger partial charge is 0.409 e. The van der Waals surface area contributed by atoms with E-state index in [4.69, 9.17) is 4.74 Å². The fourth-order valence-electron chi connectivity index (χ4n) is 5.82. The van der Waals surface area contributed by atoms with Crippen LogP contribution in [0, 0.1) is 5.41 Å². The zero-order valence-electron chi connectivity index (χ0n) is 19.0. The van der Waals surface area contributed by atoms with Crippen molar-refractivity contribution in [1.29, 1.82) is 0 Å². The number of likely N-dealkylation sites (tertiary alicyclic amines) is 2. The number of carbonyl (C=O) groups is 2. The minimum atomic E-state index is -2.78. The molecule has 0 aromatic carbocycles. The van der Waals surface area contributed by atoms with E-state index in [-0.39, 0.29) is 17.4 Å². The molecule has 0 N–H and O–H groups in total. The van der Waals surface area contributed by atoms with Crippen LogP contribution < -0.4 is 4.90 Å². The van der Waals surface area contributed by atoms with Crippen molar-refractivity contribution in [2.75, 3.05) is 63.9 Å². The van der Waals surface area contributed by atoms with Crippen LogP contribution in [-0.4, -0.2) is 103 Å². The topological polar surface area (TPSA) is 69.2 Å². The summed E-state index contributed by atoms with van der Waals surface area (Å²) in [6, 6.07) is 3.87. The molecule has 0 bridgehead atoms. The Kier molecular flexibility index (Phi) is 5.66. The summed E-state index contributed by atoms with van der Waals surface area (Å²) in [6.45, 7) is 5.99. The summed E-state index contributed by atoms with van der Waals surface area (Å²) >= 11 is 0. The van der Waals surface area contributed by atoms with Gasteiger partial charge < -0.3 is 19.4 Å². The molecule has 33 heavy (non-hydrogen) atoms. The minimum Gasteiger partial charge on any atom is -0.450 e. The Morgan fingerprint density at radius 3 is 2.52 bits per heavy atom. The molecule has 10 heteroatoms. The third kappa shape index (κ3) is 4.25. The van der Waals surface area contributed by atoms with Crippen molar-refractivity contribution in [3.8, 4) is 0 Å². The Labute approximate surface area is 192 Å². The maximum Gasteiger partial charge on any atom is 0.409 e. The standard InChI is InChI=1S/C23H31F2N5O3/c1-2-33-21(32)30-13-22(14-30)6-5-17(12-22)27-8-10-28(11-9-27)19-18(4-3-7-26-19)20(31)29-15-23(24,25)16-29/h3-4,7,17H,2,5-6,8-16H2,1H3/t17-/m1/s1. The van der Waals surface area contributed by atoms with Crippen molar-refractivity contribution < 1.29 is 23.1 Å². The highest BCUT2D eigenvalue weighted by molar-refractivity contribution is 5.99. The molecule has 3 aliphatic heterocycles. The molecular formula is C23H31F2N5O3. The maximum absolute atomic E-state index is 13.2. The summed E-state index contributed by atoms with van der Waals surface area (Å²) < 4.78 is 31.6. The van der Waals surface area contributed by atoms with E-state index < -0.39 is 19.0 Å². The van der Waals surface area contributed by atoms with Gasteiger partial charge in [-0.3, -0.25) is 9.69 Å². The van der Waals surface area contributed by atoms with Gasteiger partial charge in [-0.15, -0.1) is 0 Å². The molecule has 2 amide bonds. The van der Waals surface area contributed by atoms with E-state index in [0.29, 0.717) is 24.0 Å². The highest BCUT2D eigenvalue weighted by Gasteiger charge is 2.51. The lowest BCUT2D eigenvalue weighted by molar-refractivity contribution is -0.113. The van der Waals surface area contributed by atoms with Crippen molar-refractivity contribution in [3.63, 3.8) is 0 Å². The molecule has 1 saturated carbocycles. The number of hydrogen-bond acceptors (Lipinski definition) is 6. The number of hydrogen-bond donors (Lipinski definition) is 0. The Bertz CT molecular complexity index is 907. The number of aromatic nitrogens is 1. The van der Waals surface area contributed by atoms with Crippen LogP contribution in [0.15, 0.2) is 18.3 Å². The van der Waals surface area contributed by atoms with Gasteiger partial charge in [-0.25, -0.2) is 18.6 Å². The lowest BCUT2D eigenvalue weighted by Crippen LogP contribution is -2.59. The molecule has 4 fully saturated rings. The van der Waals surface area contributed by atoms with E-state index in [0.717, 1.165) is 58.5 Å². The largest absolute Gasteiger partial charge is 0.450 e. The third-order valence-electron chi connectivity index (χ3n) is 7.53. The number of alkyl halides is 2. The van der Waals surface area contributed by atoms with Gasteiger partial charge in [0.25, 0.3) is 11.8 Å². The monoisotopic (exact) mass is 463 g/mol. The van der Waals surface area contributed by atoms with Crippen molar-refractivity contribution in [2.24, 2.45) is 5.41 Å². The van der Waals surface area contributed by atoms with Crippen LogP contribution in [-0.2, 0) is 4.74 Å². The van der Waals surface area contributed by atoms with Crippen molar-refractivity contribution in [3.05, 3.63) is 23.9 Å². The number of rotatable bonds is 4. The number of amides is 2. The highest BCUT2D eigenvalue weighted by atomic mass is 19.3. The zero-order chi connectivity index (χ0) is 23.2. The van der Waals surface area contributed by atoms with Crippen molar-refractivity contribution in [1.82, 2.24) is 19.7 Å². The molecule has 1 aromatic rings. The average molecular weight is 464 g/mol. The van der Waals surface area contributed by atoms with Crippen molar-refractivity contribution >= 4 is 17.8 Å². The van der Waals surface area contributed by atoms with Gasteiger partial charge in [-0.1, -0.05) is 0 Å². The van der Waals surface area contributed by atoms with E-state index in [1.165, 1.54) is 4.90 Å². The number of carbonyl (C=O) groups excluding carboxylic acids is 2. The van der Waals surface area contributed by atoms with E-state index in [2.05, 4.69) is 14.8 Å². The summed E-state index contributed by atoms with van der Waals surface area (Å²) in [7, 11) is 0. The molecule has 0 unspecified atom stereocenters. The minimum absolute atomic E-state index is 0.206. The van der Waals surface area contributed by atoms with Crippen LogP contribution in [0.5, 0.6) is 0 Å². The molecule has 4 aliphatic rings. The Balaban J connectivity index is 1.15. The van der Waals surface area contributed by atoms with Crippen LogP contribution in [0.3, 0.4) is 0 Å². The average Bonchev–Trinajstić information content (AvgIpc) is 3.22. The number of anilines is 1. The van der Waals surface area contributed by atoms with Crippen LogP contribution in [0.2, 0.25) is 0 Å². The van der Waals surface area contributed by atoms with Gasteiger partial charge in [-0.2, -0.15) is 0 Å². The summed E-state index contributed by atoms with van der Waals surface area (Å²) in [4.78, 5) is 36.7. The van der Waals surface area contributed by atoms with Crippen LogP contribution in [0.25, 0.3) is 0 Å². The number of piperazine rings is 1. The first-order chi connectivity index (χ1) is 15.8. The van der Waals surface area contributed by atoms with Crippen LogP contribution in [0.1, 0.15) is 36.5 Å². The third-order valence-corrected chi connectivity index (χ3v) is 7.53. The predicted octanol–water partition coefficient (Wildman–Crippen LogP) is 2.31. The predicted molar refractivity (Wildman–Crippen MR) is 118 cm³/mol. The zero-order valence-corrected chi connectivity index (χ0v) is 19.0. The van der Waals surface area contributed by atoms with Gasteiger partial charge in [0.1, 0.15) is 5.82 Å². The molecule has 3 saturated heterocycles. The SMILES string of the molecule is CCOC(=O)N1CC2(CC[C@@H](N3CCN(c4ncccc4C(=O)N4CC(F)(F)C4)CC3)C2)C1. The second kappa shape index (κ2) is 8.38. The molecule has 5 rings (SSSR count). The molecule has 1 spiro atoms. The summed E-state index contributed by atoms with van der Waals surface area (Å²) in [5.74, 6) is -2.57. The van der Waals surface area contributed by atoms with Gasteiger partial charge in [0, 0.05) is 56.9 Å². The second-order valence-electron chi connectivity index (χ2n) is 9.87. The first-order valence-corrected chi connectivity index (χ1v) is 11.8. The Morgan fingerprint density at radius 1 is 1.12 bits per heavy atom. The lowest BCUT2D eigenvalue weighted by atomic mass is 9.78. The quantitative estimate of drug-likeness (QED) is 0.683. The van der Waals surface area contributed by atoms with Gasteiger partial charge >= 0.3 is 6.09 Å². The first-order valence-electron chi connectivity index (χ1n) is 11.8. The number of halogens is 2. The van der Waals surface area contributed by atoms with Crippen molar-refractivity contribution in [2.45, 2.75) is 38.2 Å². The number of ether oxygens (including phenoxy) is 1. The van der Waals surface area contributed by atoms with Crippen LogP contribution >= 0.6 is 0 Å². The van der Waals surface area contributed by atoms with E-state index in [1.54, 1.807) is 23.2 Å². The Morgan fingerprint density at radius 2 is 1.85 bits per heavy atom. The number of nitrogens with zero attached hydrogens (tertiary/aromatic N) is 5. The summed E-state index contributed by atoms with van der Waals surface area (Å²) in [5.41, 5.74) is 0.629. The Hall–Kier alpha value is -2.49. The fraction of sp³-hybridized carbons (Fsp3) is 0.696. The molecule has 0 radical (unpaired) electrons. The lowest BCUT2D eigenvalue weighted by Gasteiger charge is -2.48. The molecule has 1 atom stereocenters. The molecule has 1 aliphatic carbocycles. The second-order valence-corrected chi connectivity index (χ2v) is 9.87. The number of pyridine rings is 1.